The highest BCUT2D eigenvalue weighted by atomic mass is 16.3. The van der Waals surface area contributed by atoms with E-state index in [2.05, 4.69) is 21.0 Å². The number of rotatable bonds is 8. The van der Waals surface area contributed by atoms with Crippen molar-refractivity contribution in [1.29, 1.82) is 0 Å². The summed E-state index contributed by atoms with van der Waals surface area (Å²) in [4.78, 5) is 36.2. The van der Waals surface area contributed by atoms with Gasteiger partial charge >= 0.3 is 6.03 Å². The molecule has 0 atom stereocenters. The fourth-order valence-corrected chi connectivity index (χ4v) is 2.63. The summed E-state index contributed by atoms with van der Waals surface area (Å²) in [6, 6.07) is 12.5. The standard InChI is InChI=1S/C21H23N5O4/c1-2-3-12-26-19(27)11-10-18(25-26)20(28)23-15-6-8-16(9-7-15)24-21(29)22-14-17-5-4-13-30-17/h4-11,13H,2-3,12,14H2,1H3,(H,23,28)(H2,22,24,29). The third kappa shape index (κ3) is 5.81. The zero-order valence-corrected chi connectivity index (χ0v) is 16.6. The van der Waals surface area contributed by atoms with Gasteiger partial charge in [0.15, 0.2) is 0 Å². The van der Waals surface area contributed by atoms with Crippen LogP contribution < -0.4 is 21.5 Å². The molecule has 30 heavy (non-hydrogen) atoms. The summed E-state index contributed by atoms with van der Waals surface area (Å²) >= 11 is 0. The van der Waals surface area contributed by atoms with Crippen LogP contribution in [0.3, 0.4) is 0 Å². The number of nitrogens with one attached hydrogen (secondary N) is 3. The molecule has 3 rings (SSSR count). The van der Waals surface area contributed by atoms with Gasteiger partial charge in [0.1, 0.15) is 11.5 Å². The number of nitrogens with zero attached hydrogens (tertiary/aromatic N) is 2. The Morgan fingerprint density at radius 2 is 1.77 bits per heavy atom. The van der Waals surface area contributed by atoms with E-state index < -0.39 is 5.91 Å². The van der Waals surface area contributed by atoms with Crippen LogP contribution in [-0.2, 0) is 13.1 Å². The number of carbonyl (C=O) groups is 2. The molecule has 3 N–H and O–H groups in total. The fourth-order valence-electron chi connectivity index (χ4n) is 2.63. The maximum atomic E-state index is 12.4. The molecule has 0 bridgehead atoms. The normalized spacial score (nSPS) is 10.4. The Morgan fingerprint density at radius 1 is 1.03 bits per heavy atom. The second-order valence-electron chi connectivity index (χ2n) is 6.55. The highest BCUT2D eigenvalue weighted by Crippen LogP contribution is 2.14. The summed E-state index contributed by atoms with van der Waals surface area (Å²) in [7, 11) is 0. The minimum Gasteiger partial charge on any atom is -0.467 e. The molecular weight excluding hydrogens is 386 g/mol. The summed E-state index contributed by atoms with van der Waals surface area (Å²) in [6.45, 7) is 2.77. The van der Waals surface area contributed by atoms with Crippen LogP contribution >= 0.6 is 0 Å². The third-order valence-corrected chi connectivity index (χ3v) is 4.23. The maximum Gasteiger partial charge on any atom is 0.319 e. The third-order valence-electron chi connectivity index (χ3n) is 4.23. The van der Waals surface area contributed by atoms with Crippen LogP contribution in [0.15, 0.2) is 64.0 Å². The number of hydrogen-bond donors (Lipinski definition) is 3. The number of amides is 3. The molecule has 0 aliphatic heterocycles. The van der Waals surface area contributed by atoms with Crippen LogP contribution in [0, 0.1) is 0 Å². The van der Waals surface area contributed by atoms with Crippen molar-refractivity contribution in [1.82, 2.24) is 15.1 Å². The van der Waals surface area contributed by atoms with E-state index in [9.17, 15) is 14.4 Å². The zero-order valence-electron chi connectivity index (χ0n) is 16.6. The van der Waals surface area contributed by atoms with Gasteiger partial charge in [-0.2, -0.15) is 5.10 Å². The molecule has 2 heterocycles. The van der Waals surface area contributed by atoms with Crippen LogP contribution in [0.5, 0.6) is 0 Å². The van der Waals surface area contributed by atoms with Gasteiger partial charge in [0.2, 0.25) is 0 Å². The first kappa shape index (κ1) is 20.8. The number of unbranched alkanes of at least 4 members (excludes halogenated alkanes) is 1. The molecule has 1 aromatic carbocycles. The Kier molecular flexibility index (Phi) is 6.99. The molecule has 3 amide bonds. The van der Waals surface area contributed by atoms with E-state index in [4.69, 9.17) is 4.42 Å². The lowest BCUT2D eigenvalue weighted by Crippen LogP contribution is -2.28. The number of aryl methyl sites for hydroxylation is 1. The van der Waals surface area contributed by atoms with Gasteiger partial charge in [-0.1, -0.05) is 13.3 Å². The van der Waals surface area contributed by atoms with E-state index in [-0.39, 0.29) is 23.8 Å². The van der Waals surface area contributed by atoms with Gasteiger partial charge in [-0.3, -0.25) is 9.59 Å². The van der Waals surface area contributed by atoms with Crippen molar-refractivity contribution in [3.63, 3.8) is 0 Å². The molecule has 0 radical (unpaired) electrons. The summed E-state index contributed by atoms with van der Waals surface area (Å²) in [5.74, 6) is 0.231. The van der Waals surface area contributed by atoms with Gasteiger partial charge in [-0.05, 0) is 48.9 Å². The molecule has 0 aliphatic carbocycles. The first-order valence-electron chi connectivity index (χ1n) is 9.62. The molecular formula is C21H23N5O4. The van der Waals surface area contributed by atoms with Crippen molar-refractivity contribution in [3.8, 4) is 0 Å². The largest absolute Gasteiger partial charge is 0.467 e. The lowest BCUT2D eigenvalue weighted by atomic mass is 10.2. The van der Waals surface area contributed by atoms with Crippen LogP contribution in [0.4, 0.5) is 16.2 Å². The van der Waals surface area contributed by atoms with Gasteiger partial charge < -0.3 is 20.4 Å². The minimum atomic E-state index is -0.419. The Balaban J connectivity index is 1.55. The second-order valence-corrected chi connectivity index (χ2v) is 6.55. The summed E-state index contributed by atoms with van der Waals surface area (Å²) in [5.41, 5.74) is 1.02. The number of anilines is 2. The molecule has 9 nitrogen and oxygen atoms in total. The average molecular weight is 409 g/mol. The quantitative estimate of drug-likeness (QED) is 0.528. The highest BCUT2D eigenvalue weighted by Gasteiger charge is 2.10. The van der Waals surface area contributed by atoms with E-state index in [1.54, 1.807) is 36.4 Å². The number of aromatic nitrogens is 2. The Labute approximate surface area is 173 Å². The van der Waals surface area contributed by atoms with Crippen LogP contribution in [0.25, 0.3) is 0 Å². The van der Waals surface area contributed by atoms with E-state index in [0.29, 0.717) is 23.7 Å². The first-order valence-corrected chi connectivity index (χ1v) is 9.62. The molecule has 3 aromatic rings. The van der Waals surface area contributed by atoms with Crippen molar-refractivity contribution in [2.75, 3.05) is 10.6 Å². The summed E-state index contributed by atoms with van der Waals surface area (Å²) in [5, 5.41) is 12.2. The molecule has 0 saturated carbocycles. The average Bonchev–Trinajstić information content (AvgIpc) is 3.27. The number of furan rings is 1. The molecule has 0 unspecified atom stereocenters. The monoisotopic (exact) mass is 409 g/mol. The number of hydrogen-bond acceptors (Lipinski definition) is 5. The van der Waals surface area contributed by atoms with Gasteiger partial charge in [0.25, 0.3) is 11.5 Å². The molecule has 2 aromatic heterocycles. The van der Waals surface area contributed by atoms with Gasteiger partial charge in [-0.15, -0.1) is 0 Å². The lowest BCUT2D eigenvalue weighted by molar-refractivity contribution is 0.101. The zero-order chi connectivity index (χ0) is 21.3. The number of benzene rings is 1. The van der Waals surface area contributed by atoms with Gasteiger partial charge in [0, 0.05) is 24.0 Å². The first-order chi connectivity index (χ1) is 14.5. The van der Waals surface area contributed by atoms with Crippen molar-refractivity contribution < 1.29 is 14.0 Å². The minimum absolute atomic E-state index is 0.158. The maximum absolute atomic E-state index is 12.4. The Bertz CT molecular complexity index is 1040. The molecule has 0 fully saturated rings. The molecule has 0 spiro atoms. The van der Waals surface area contributed by atoms with Gasteiger partial charge in [-0.25, -0.2) is 9.48 Å². The smallest absolute Gasteiger partial charge is 0.319 e. The number of urea groups is 1. The molecule has 9 heteroatoms. The topological polar surface area (TPSA) is 118 Å². The fraction of sp³-hybridized carbons (Fsp3) is 0.238. The van der Waals surface area contributed by atoms with Gasteiger partial charge in [0.05, 0.1) is 12.8 Å². The summed E-state index contributed by atoms with van der Waals surface area (Å²) < 4.78 is 6.45. The molecule has 0 saturated heterocycles. The predicted octanol–water partition coefficient (Wildman–Crippen LogP) is 3.21. The molecule has 156 valence electrons. The van der Waals surface area contributed by atoms with E-state index in [1.807, 2.05) is 6.92 Å². The lowest BCUT2D eigenvalue weighted by Gasteiger charge is -2.09. The number of carbonyl (C=O) groups excluding carboxylic acids is 2. The highest BCUT2D eigenvalue weighted by molar-refractivity contribution is 6.02. The Morgan fingerprint density at radius 3 is 2.43 bits per heavy atom. The van der Waals surface area contributed by atoms with E-state index in [0.717, 1.165) is 12.8 Å². The summed E-state index contributed by atoms with van der Waals surface area (Å²) in [6.07, 6.45) is 3.27. The van der Waals surface area contributed by atoms with E-state index in [1.165, 1.54) is 23.1 Å². The molecule has 0 aliphatic rings. The van der Waals surface area contributed by atoms with E-state index >= 15 is 0 Å². The van der Waals surface area contributed by atoms with Crippen molar-refractivity contribution >= 4 is 23.3 Å². The Hall–Kier alpha value is -3.88. The SMILES string of the molecule is CCCCn1nc(C(=O)Nc2ccc(NC(=O)NCc3ccco3)cc2)ccc1=O. The van der Waals surface area contributed by atoms with Crippen molar-refractivity contribution in [3.05, 3.63) is 76.6 Å². The van der Waals surface area contributed by atoms with Crippen LogP contribution in [-0.4, -0.2) is 21.7 Å². The van der Waals surface area contributed by atoms with Crippen LogP contribution in [0.1, 0.15) is 36.0 Å². The van der Waals surface area contributed by atoms with Crippen molar-refractivity contribution in [2.24, 2.45) is 0 Å². The second kappa shape index (κ2) is 10.1. The van der Waals surface area contributed by atoms with Crippen molar-refractivity contribution in [2.45, 2.75) is 32.9 Å². The predicted molar refractivity (Wildman–Crippen MR) is 112 cm³/mol. The van der Waals surface area contributed by atoms with Crippen LogP contribution in [0.2, 0.25) is 0 Å².